The van der Waals surface area contributed by atoms with E-state index in [1.807, 2.05) is 0 Å². The summed E-state index contributed by atoms with van der Waals surface area (Å²) in [6.07, 6.45) is 4.56. The van der Waals surface area contributed by atoms with Crippen molar-refractivity contribution in [2.75, 3.05) is 0 Å². The van der Waals surface area contributed by atoms with Crippen molar-refractivity contribution in [3.05, 3.63) is 16.4 Å². The average molecular weight is 224 g/mol. The van der Waals surface area contributed by atoms with Gasteiger partial charge in [-0.15, -0.1) is 5.10 Å². The topological polar surface area (TPSA) is 58.9 Å². The number of aromatic amines is 1. The molecule has 0 aromatic carbocycles. The van der Waals surface area contributed by atoms with Crippen LogP contribution in [0.5, 0.6) is 0 Å². The number of hydrogen-bond donors (Lipinski definition) is 1. The predicted molar refractivity (Wildman–Crippen MR) is 61.3 cm³/mol. The van der Waals surface area contributed by atoms with Crippen LogP contribution in [0.15, 0.2) is 9.21 Å². The van der Waals surface area contributed by atoms with E-state index >= 15 is 0 Å². The molecule has 1 saturated carbocycles. The fourth-order valence-electron chi connectivity index (χ4n) is 2.62. The van der Waals surface area contributed by atoms with E-state index in [0.29, 0.717) is 17.2 Å². The zero-order chi connectivity index (χ0) is 11.8. The van der Waals surface area contributed by atoms with E-state index in [4.69, 9.17) is 4.42 Å². The lowest BCUT2D eigenvalue weighted by Gasteiger charge is -2.35. The van der Waals surface area contributed by atoms with Crippen LogP contribution in [-0.4, -0.2) is 10.2 Å². The molecule has 16 heavy (non-hydrogen) atoms. The molecular formula is C12H20N2O2. The standard InChI is InChI=1S/C12H20N2O2/c1-12(2,3)9-6-4-8(5-7-9)10-13-14-11(15)16-10/h8-9H,4-7H2,1-3H3,(H,14,15). The summed E-state index contributed by atoms with van der Waals surface area (Å²) in [7, 11) is 0. The second kappa shape index (κ2) is 4.07. The van der Waals surface area contributed by atoms with Crippen molar-refractivity contribution in [2.24, 2.45) is 11.3 Å². The molecule has 0 spiro atoms. The van der Waals surface area contributed by atoms with Crippen molar-refractivity contribution in [3.63, 3.8) is 0 Å². The first-order valence-electron chi connectivity index (χ1n) is 6.02. The molecule has 4 nitrogen and oxygen atoms in total. The quantitative estimate of drug-likeness (QED) is 0.797. The maximum Gasteiger partial charge on any atom is 0.434 e. The summed E-state index contributed by atoms with van der Waals surface area (Å²) in [5.41, 5.74) is 0.386. The van der Waals surface area contributed by atoms with Crippen LogP contribution in [0.25, 0.3) is 0 Å². The first kappa shape index (κ1) is 11.4. The van der Waals surface area contributed by atoms with Crippen molar-refractivity contribution in [3.8, 4) is 0 Å². The smallest absolute Gasteiger partial charge is 0.392 e. The normalized spacial score (nSPS) is 26.9. The van der Waals surface area contributed by atoms with Gasteiger partial charge >= 0.3 is 5.76 Å². The van der Waals surface area contributed by atoms with Crippen LogP contribution >= 0.6 is 0 Å². The van der Waals surface area contributed by atoms with Crippen LogP contribution in [0.2, 0.25) is 0 Å². The molecule has 0 saturated heterocycles. The van der Waals surface area contributed by atoms with Crippen molar-refractivity contribution in [2.45, 2.75) is 52.4 Å². The van der Waals surface area contributed by atoms with Gasteiger partial charge in [-0.25, -0.2) is 9.89 Å². The Bertz CT molecular complexity index is 392. The molecule has 0 radical (unpaired) electrons. The third kappa shape index (κ3) is 2.36. The first-order chi connectivity index (χ1) is 7.47. The van der Waals surface area contributed by atoms with Crippen molar-refractivity contribution < 1.29 is 4.42 Å². The third-order valence-electron chi connectivity index (χ3n) is 3.76. The molecule has 4 heteroatoms. The van der Waals surface area contributed by atoms with Gasteiger partial charge in [0.15, 0.2) is 0 Å². The van der Waals surface area contributed by atoms with Gasteiger partial charge in [-0.05, 0) is 37.0 Å². The second-order valence-electron chi connectivity index (χ2n) is 5.87. The Kier molecular flexibility index (Phi) is 2.91. The van der Waals surface area contributed by atoms with Gasteiger partial charge in [-0.3, -0.25) is 0 Å². The summed E-state index contributed by atoms with van der Waals surface area (Å²) in [4.78, 5) is 10.9. The van der Waals surface area contributed by atoms with E-state index in [2.05, 4.69) is 31.0 Å². The van der Waals surface area contributed by atoms with Gasteiger partial charge in [0.25, 0.3) is 0 Å². The molecule has 1 aliphatic carbocycles. The van der Waals surface area contributed by atoms with Crippen LogP contribution in [0.1, 0.15) is 58.3 Å². The van der Waals surface area contributed by atoms with Gasteiger partial charge in [0.1, 0.15) is 0 Å². The second-order valence-corrected chi connectivity index (χ2v) is 5.87. The maximum atomic E-state index is 10.9. The Balaban J connectivity index is 1.98. The lowest BCUT2D eigenvalue weighted by Crippen LogP contribution is -2.25. The zero-order valence-corrected chi connectivity index (χ0v) is 10.2. The van der Waals surface area contributed by atoms with Gasteiger partial charge in [0.05, 0.1) is 0 Å². The van der Waals surface area contributed by atoms with Crippen LogP contribution in [-0.2, 0) is 0 Å². The Morgan fingerprint density at radius 3 is 2.31 bits per heavy atom. The Morgan fingerprint density at radius 2 is 1.88 bits per heavy atom. The molecule has 1 aromatic heterocycles. The fraction of sp³-hybridized carbons (Fsp3) is 0.833. The number of aromatic nitrogens is 2. The molecule has 0 atom stereocenters. The Morgan fingerprint density at radius 1 is 1.25 bits per heavy atom. The van der Waals surface area contributed by atoms with Gasteiger partial charge in [0.2, 0.25) is 5.89 Å². The summed E-state index contributed by atoms with van der Waals surface area (Å²) >= 11 is 0. The Labute approximate surface area is 95.4 Å². The van der Waals surface area contributed by atoms with Crippen LogP contribution in [0.4, 0.5) is 0 Å². The number of nitrogens with zero attached hydrogens (tertiary/aromatic N) is 1. The summed E-state index contributed by atoms with van der Waals surface area (Å²) in [6.45, 7) is 6.89. The SMILES string of the molecule is CC(C)(C)C1CCC(c2n[nH]c(=O)o2)CC1. The highest BCUT2D eigenvalue weighted by atomic mass is 16.4. The van der Waals surface area contributed by atoms with Crippen molar-refractivity contribution in [1.82, 2.24) is 10.2 Å². The molecule has 0 unspecified atom stereocenters. The molecule has 1 N–H and O–H groups in total. The number of hydrogen-bond acceptors (Lipinski definition) is 3. The van der Waals surface area contributed by atoms with E-state index in [0.717, 1.165) is 18.8 Å². The number of H-pyrrole nitrogens is 1. The summed E-state index contributed by atoms with van der Waals surface area (Å²) in [6, 6.07) is 0. The zero-order valence-electron chi connectivity index (χ0n) is 10.2. The largest absolute Gasteiger partial charge is 0.434 e. The average Bonchev–Trinajstić information content (AvgIpc) is 2.64. The number of rotatable bonds is 1. The Hall–Kier alpha value is -1.06. The molecule has 1 heterocycles. The predicted octanol–water partition coefficient (Wildman–Crippen LogP) is 2.68. The molecule has 0 aliphatic heterocycles. The van der Waals surface area contributed by atoms with E-state index in [1.54, 1.807) is 0 Å². The minimum atomic E-state index is -0.437. The highest BCUT2D eigenvalue weighted by Crippen LogP contribution is 2.42. The fourth-order valence-corrected chi connectivity index (χ4v) is 2.62. The van der Waals surface area contributed by atoms with Gasteiger partial charge in [-0.1, -0.05) is 20.8 Å². The minimum Gasteiger partial charge on any atom is -0.392 e. The van der Waals surface area contributed by atoms with E-state index in [1.165, 1.54) is 12.8 Å². The van der Waals surface area contributed by atoms with Crippen LogP contribution in [0, 0.1) is 11.3 Å². The first-order valence-corrected chi connectivity index (χ1v) is 6.02. The summed E-state index contributed by atoms with van der Waals surface area (Å²) < 4.78 is 5.02. The van der Waals surface area contributed by atoms with E-state index in [-0.39, 0.29) is 0 Å². The molecule has 0 amide bonds. The maximum absolute atomic E-state index is 10.9. The summed E-state index contributed by atoms with van der Waals surface area (Å²) in [5.74, 6) is 1.26. The molecule has 1 fully saturated rings. The lowest BCUT2D eigenvalue weighted by atomic mass is 9.70. The molecule has 2 rings (SSSR count). The van der Waals surface area contributed by atoms with Crippen molar-refractivity contribution >= 4 is 0 Å². The molecular weight excluding hydrogens is 204 g/mol. The molecule has 0 bridgehead atoms. The van der Waals surface area contributed by atoms with Crippen LogP contribution < -0.4 is 5.76 Å². The highest BCUT2D eigenvalue weighted by molar-refractivity contribution is 4.93. The number of nitrogens with one attached hydrogen (secondary N) is 1. The van der Waals surface area contributed by atoms with E-state index < -0.39 is 5.76 Å². The van der Waals surface area contributed by atoms with Crippen molar-refractivity contribution in [1.29, 1.82) is 0 Å². The summed E-state index contributed by atoms with van der Waals surface area (Å²) in [5, 5.41) is 6.26. The molecule has 90 valence electrons. The van der Waals surface area contributed by atoms with Gasteiger partial charge in [0, 0.05) is 5.92 Å². The van der Waals surface area contributed by atoms with Crippen LogP contribution in [0.3, 0.4) is 0 Å². The monoisotopic (exact) mass is 224 g/mol. The van der Waals surface area contributed by atoms with Gasteiger partial charge in [-0.2, -0.15) is 0 Å². The minimum absolute atomic E-state index is 0.331. The highest BCUT2D eigenvalue weighted by Gasteiger charge is 2.31. The lowest BCUT2D eigenvalue weighted by molar-refractivity contribution is 0.161. The molecule has 1 aromatic rings. The third-order valence-corrected chi connectivity index (χ3v) is 3.76. The van der Waals surface area contributed by atoms with E-state index in [9.17, 15) is 4.79 Å². The molecule has 1 aliphatic rings. The van der Waals surface area contributed by atoms with Gasteiger partial charge < -0.3 is 4.42 Å².